The van der Waals surface area contributed by atoms with Gasteiger partial charge in [-0.15, -0.1) is 0 Å². The van der Waals surface area contributed by atoms with Gasteiger partial charge in [0.15, 0.2) is 11.8 Å². The molecule has 0 aliphatic heterocycles. The van der Waals surface area contributed by atoms with Gasteiger partial charge in [0, 0.05) is 11.3 Å². The van der Waals surface area contributed by atoms with Crippen LogP contribution in [0.4, 0.5) is 5.69 Å². The van der Waals surface area contributed by atoms with Crippen LogP contribution >= 0.6 is 0 Å². The lowest BCUT2D eigenvalue weighted by atomic mass is 10.1. The smallest absolute Gasteiger partial charge is 0.330 e. The van der Waals surface area contributed by atoms with Crippen molar-refractivity contribution in [2.24, 2.45) is 5.73 Å². The summed E-state index contributed by atoms with van der Waals surface area (Å²) >= 11 is 0. The molecule has 1 aromatic carbocycles. The van der Waals surface area contributed by atoms with E-state index < -0.39 is 17.9 Å². The molecule has 1 unspecified atom stereocenters. The molecule has 0 aromatic heterocycles. The molecule has 17 heavy (non-hydrogen) atoms. The highest BCUT2D eigenvalue weighted by Gasteiger charge is 2.20. The Labute approximate surface area is 97.4 Å². The van der Waals surface area contributed by atoms with Gasteiger partial charge in [0.1, 0.15) is 0 Å². The molecule has 6 heteroatoms. The molecule has 0 saturated heterocycles. The van der Waals surface area contributed by atoms with Crippen molar-refractivity contribution in [3.05, 3.63) is 29.8 Å². The first-order valence-corrected chi connectivity index (χ1v) is 4.82. The summed E-state index contributed by atoms with van der Waals surface area (Å²) in [5.41, 5.74) is 6.01. The number of nitrogens with one attached hydrogen (secondary N) is 1. The number of carbonyl (C=O) groups is 3. The van der Waals surface area contributed by atoms with E-state index >= 15 is 0 Å². The van der Waals surface area contributed by atoms with Gasteiger partial charge in [-0.1, -0.05) is 0 Å². The van der Waals surface area contributed by atoms with E-state index in [2.05, 4.69) is 5.32 Å². The van der Waals surface area contributed by atoms with Gasteiger partial charge >= 0.3 is 5.97 Å². The summed E-state index contributed by atoms with van der Waals surface area (Å²) < 4.78 is 0. The number of amides is 1. The third-order valence-corrected chi connectivity index (χ3v) is 2.11. The van der Waals surface area contributed by atoms with Crippen LogP contribution in [0.25, 0.3) is 0 Å². The Kier molecular flexibility index (Phi) is 3.95. The zero-order chi connectivity index (χ0) is 13.0. The zero-order valence-electron chi connectivity index (χ0n) is 9.14. The maximum atomic E-state index is 11.3. The Morgan fingerprint density at radius 2 is 1.76 bits per heavy atom. The van der Waals surface area contributed by atoms with Gasteiger partial charge < -0.3 is 16.2 Å². The topological polar surface area (TPSA) is 109 Å². The fourth-order valence-electron chi connectivity index (χ4n) is 1.12. The number of ketones is 1. The van der Waals surface area contributed by atoms with Gasteiger partial charge in [-0.25, -0.2) is 4.79 Å². The number of aliphatic carboxylic acids is 1. The second kappa shape index (κ2) is 5.22. The third kappa shape index (κ3) is 3.39. The molecule has 1 atom stereocenters. The van der Waals surface area contributed by atoms with Gasteiger partial charge in [0.05, 0.1) is 0 Å². The van der Waals surface area contributed by atoms with Crippen LogP contribution in [-0.2, 0) is 9.59 Å². The van der Waals surface area contributed by atoms with Crippen LogP contribution in [0.15, 0.2) is 24.3 Å². The SMILES string of the molecule is CC(=O)c1ccc(NC(=O)C(N)C(=O)O)cc1. The van der Waals surface area contributed by atoms with Crippen LogP contribution in [-0.4, -0.2) is 28.8 Å². The highest BCUT2D eigenvalue weighted by molar-refractivity contribution is 6.07. The normalized spacial score (nSPS) is 11.6. The van der Waals surface area contributed by atoms with Crippen molar-refractivity contribution in [3.63, 3.8) is 0 Å². The summed E-state index contributed by atoms with van der Waals surface area (Å²) in [6, 6.07) is 4.46. The lowest BCUT2D eigenvalue weighted by Crippen LogP contribution is -2.42. The van der Waals surface area contributed by atoms with Crippen molar-refractivity contribution in [1.29, 1.82) is 0 Å². The van der Waals surface area contributed by atoms with Crippen LogP contribution < -0.4 is 11.1 Å². The summed E-state index contributed by atoms with van der Waals surface area (Å²) in [5.74, 6) is -2.30. The Morgan fingerprint density at radius 3 is 2.18 bits per heavy atom. The summed E-state index contributed by atoms with van der Waals surface area (Å²) in [6.07, 6.45) is 0. The summed E-state index contributed by atoms with van der Waals surface area (Å²) in [5, 5.41) is 10.8. The predicted molar refractivity (Wildman–Crippen MR) is 60.7 cm³/mol. The maximum absolute atomic E-state index is 11.3. The van der Waals surface area contributed by atoms with Gasteiger partial charge in [0.25, 0.3) is 5.91 Å². The number of rotatable bonds is 4. The second-order valence-electron chi connectivity index (χ2n) is 3.44. The number of hydrogen-bond acceptors (Lipinski definition) is 4. The van der Waals surface area contributed by atoms with Crippen LogP contribution in [0.2, 0.25) is 0 Å². The fourth-order valence-corrected chi connectivity index (χ4v) is 1.12. The molecule has 0 bridgehead atoms. The van der Waals surface area contributed by atoms with E-state index in [1.165, 1.54) is 31.2 Å². The lowest BCUT2D eigenvalue weighted by Gasteiger charge is -2.08. The highest BCUT2D eigenvalue weighted by atomic mass is 16.4. The minimum absolute atomic E-state index is 0.0925. The van der Waals surface area contributed by atoms with Crippen LogP contribution in [0.5, 0.6) is 0 Å². The van der Waals surface area contributed by atoms with Crippen molar-refractivity contribution in [1.82, 2.24) is 0 Å². The molecule has 0 radical (unpaired) electrons. The van der Waals surface area contributed by atoms with Crippen molar-refractivity contribution >= 4 is 23.3 Å². The Bertz CT molecular complexity index is 453. The molecule has 0 heterocycles. The van der Waals surface area contributed by atoms with Crippen molar-refractivity contribution in [2.45, 2.75) is 13.0 Å². The van der Waals surface area contributed by atoms with E-state index in [1.54, 1.807) is 0 Å². The third-order valence-electron chi connectivity index (χ3n) is 2.11. The van der Waals surface area contributed by atoms with E-state index in [0.717, 1.165) is 0 Å². The van der Waals surface area contributed by atoms with E-state index in [0.29, 0.717) is 11.3 Å². The molecule has 0 spiro atoms. The number of anilines is 1. The first-order valence-electron chi connectivity index (χ1n) is 4.82. The Hall–Kier alpha value is -2.21. The van der Waals surface area contributed by atoms with Crippen molar-refractivity contribution in [2.75, 3.05) is 5.32 Å². The van der Waals surface area contributed by atoms with Gasteiger partial charge in [-0.3, -0.25) is 9.59 Å². The minimum atomic E-state index is -1.61. The van der Waals surface area contributed by atoms with Crippen molar-refractivity contribution < 1.29 is 19.5 Å². The molecule has 0 fully saturated rings. The number of nitrogens with two attached hydrogens (primary N) is 1. The summed E-state index contributed by atoms with van der Waals surface area (Å²) in [4.78, 5) is 32.7. The predicted octanol–water partition coefficient (Wildman–Crippen LogP) is 0.240. The van der Waals surface area contributed by atoms with E-state index in [-0.39, 0.29) is 5.78 Å². The van der Waals surface area contributed by atoms with Crippen LogP contribution in [0, 0.1) is 0 Å². The van der Waals surface area contributed by atoms with Gasteiger partial charge in [-0.2, -0.15) is 0 Å². The molecule has 0 aliphatic rings. The number of carboxylic acid groups (broad SMARTS) is 1. The molecule has 1 amide bonds. The first-order chi connectivity index (χ1) is 7.91. The standard InChI is InChI=1S/C11H12N2O4/c1-6(14)7-2-4-8(5-3-7)13-10(15)9(12)11(16)17/h2-5,9H,12H2,1H3,(H,13,15)(H,16,17). The van der Waals surface area contributed by atoms with E-state index in [4.69, 9.17) is 10.8 Å². The lowest BCUT2D eigenvalue weighted by molar-refractivity contribution is -0.141. The van der Waals surface area contributed by atoms with Crippen LogP contribution in [0.3, 0.4) is 0 Å². The summed E-state index contributed by atoms with van der Waals surface area (Å²) in [6.45, 7) is 1.42. The molecule has 90 valence electrons. The van der Waals surface area contributed by atoms with E-state index in [9.17, 15) is 14.4 Å². The maximum Gasteiger partial charge on any atom is 0.330 e. The number of benzene rings is 1. The fraction of sp³-hybridized carbons (Fsp3) is 0.182. The Morgan fingerprint density at radius 1 is 1.24 bits per heavy atom. The van der Waals surface area contributed by atoms with Gasteiger partial charge in [0.2, 0.25) is 0 Å². The Balaban J connectivity index is 2.73. The number of Topliss-reactive ketones (excluding diaryl/α,β-unsaturated/α-hetero) is 1. The molecule has 4 N–H and O–H groups in total. The van der Waals surface area contributed by atoms with Crippen molar-refractivity contribution in [3.8, 4) is 0 Å². The highest BCUT2D eigenvalue weighted by Crippen LogP contribution is 2.10. The van der Waals surface area contributed by atoms with Gasteiger partial charge in [-0.05, 0) is 31.2 Å². The van der Waals surface area contributed by atoms with Crippen LogP contribution in [0.1, 0.15) is 17.3 Å². The quantitative estimate of drug-likeness (QED) is 0.512. The molecule has 6 nitrogen and oxygen atoms in total. The second-order valence-corrected chi connectivity index (χ2v) is 3.44. The average Bonchev–Trinajstić information content (AvgIpc) is 2.28. The molecule has 1 rings (SSSR count). The zero-order valence-corrected chi connectivity index (χ0v) is 9.14. The number of carboxylic acids is 1. The largest absolute Gasteiger partial charge is 0.480 e. The molecule has 0 saturated carbocycles. The molecule has 0 aliphatic carbocycles. The summed E-state index contributed by atoms with van der Waals surface area (Å²) in [7, 11) is 0. The molecular weight excluding hydrogens is 224 g/mol. The number of hydrogen-bond donors (Lipinski definition) is 3. The first kappa shape index (κ1) is 12.9. The minimum Gasteiger partial charge on any atom is -0.480 e. The number of carbonyl (C=O) groups excluding carboxylic acids is 2. The molecular formula is C11H12N2O4. The average molecular weight is 236 g/mol. The monoisotopic (exact) mass is 236 g/mol. The molecule has 1 aromatic rings. The van der Waals surface area contributed by atoms with E-state index in [1.807, 2.05) is 0 Å².